The number of terminal acetylenes is 1. The van der Waals surface area contributed by atoms with Gasteiger partial charge in [-0.2, -0.15) is 0 Å². The summed E-state index contributed by atoms with van der Waals surface area (Å²) in [6.45, 7) is 9.02. The van der Waals surface area contributed by atoms with Gasteiger partial charge in [0.25, 0.3) is 11.8 Å². The van der Waals surface area contributed by atoms with Gasteiger partial charge in [0, 0.05) is 18.2 Å². The minimum atomic E-state index is -1.22. The largest absolute Gasteiger partial charge is 0.444 e. The van der Waals surface area contributed by atoms with Crippen LogP contribution in [-0.2, 0) is 20.7 Å². The lowest BCUT2D eigenvalue weighted by Crippen LogP contribution is -2.51. The molecule has 0 spiro atoms. The molecule has 0 bridgehead atoms. The minimum Gasteiger partial charge on any atom is -0.444 e. The van der Waals surface area contributed by atoms with E-state index in [4.69, 9.17) is 11.2 Å². The van der Waals surface area contributed by atoms with Gasteiger partial charge in [0.05, 0.1) is 0 Å². The predicted molar refractivity (Wildman–Crippen MR) is 171 cm³/mol. The molecular formula is C36H35N3O4. The van der Waals surface area contributed by atoms with Crippen molar-refractivity contribution >= 4 is 40.4 Å². The third-order valence-electron chi connectivity index (χ3n) is 6.63. The third kappa shape index (κ3) is 8.11. The number of anilines is 1. The zero-order valence-electron chi connectivity index (χ0n) is 24.5. The molecule has 0 saturated heterocycles. The van der Waals surface area contributed by atoms with Crippen LogP contribution in [0.15, 0.2) is 104 Å². The van der Waals surface area contributed by atoms with E-state index in [1.165, 1.54) is 0 Å². The van der Waals surface area contributed by atoms with Crippen molar-refractivity contribution in [3.63, 3.8) is 0 Å². The Balaban J connectivity index is 1.72. The van der Waals surface area contributed by atoms with Gasteiger partial charge in [-0.25, -0.2) is 4.79 Å². The molecule has 0 aliphatic carbocycles. The van der Waals surface area contributed by atoms with E-state index in [0.717, 1.165) is 26.8 Å². The summed E-state index contributed by atoms with van der Waals surface area (Å²) >= 11 is 0. The van der Waals surface area contributed by atoms with Crippen molar-refractivity contribution < 1.29 is 19.1 Å². The summed E-state index contributed by atoms with van der Waals surface area (Å²) in [6, 6.07) is 29.7. The first-order valence-corrected chi connectivity index (χ1v) is 13.9. The van der Waals surface area contributed by atoms with E-state index in [1.54, 1.807) is 51.1 Å². The van der Waals surface area contributed by atoms with Crippen LogP contribution in [0.2, 0.25) is 0 Å². The number of carbonyl (C=O) groups excluding carboxylic acids is 3. The highest BCUT2D eigenvalue weighted by molar-refractivity contribution is 6.01. The van der Waals surface area contributed by atoms with E-state index in [9.17, 15) is 14.4 Å². The number of rotatable bonds is 9. The number of alkyl carbamates (subject to hydrolysis) is 1. The standard InChI is InChI=1S/C36H35N3O4/c1-6-25-16-13-19-29(22-25)32(33(40)37-30-21-20-27-17-11-12-18-28(27)24-30)39(7-2)34(41)31(23-26-14-9-8-10-15-26)38-35(42)43-36(3,4)5/h2,6,8-22,24,31-32H,1,23H2,3-5H3,(H,37,40)(H,38,42). The predicted octanol–water partition coefficient (Wildman–Crippen LogP) is 6.72. The lowest BCUT2D eigenvalue weighted by Gasteiger charge is -2.30. The quantitative estimate of drug-likeness (QED) is 0.172. The smallest absolute Gasteiger partial charge is 0.408 e. The van der Waals surface area contributed by atoms with E-state index in [2.05, 4.69) is 23.3 Å². The number of fused-ring (bicyclic) bond motifs is 1. The lowest BCUT2D eigenvalue weighted by molar-refractivity contribution is -0.136. The lowest BCUT2D eigenvalue weighted by atomic mass is 9.99. The van der Waals surface area contributed by atoms with E-state index < -0.39 is 35.6 Å². The van der Waals surface area contributed by atoms with Crippen LogP contribution in [0, 0.1) is 12.5 Å². The highest BCUT2D eigenvalue weighted by Crippen LogP contribution is 2.27. The summed E-state index contributed by atoms with van der Waals surface area (Å²) in [5.74, 6) is -1.15. The second-order valence-corrected chi connectivity index (χ2v) is 11.1. The zero-order valence-corrected chi connectivity index (χ0v) is 24.5. The van der Waals surface area contributed by atoms with E-state index in [1.807, 2.05) is 72.8 Å². The highest BCUT2D eigenvalue weighted by Gasteiger charge is 2.36. The Morgan fingerprint density at radius 1 is 0.930 bits per heavy atom. The first-order chi connectivity index (χ1) is 20.6. The number of hydrogen-bond donors (Lipinski definition) is 2. The molecule has 4 aromatic carbocycles. The summed E-state index contributed by atoms with van der Waals surface area (Å²) in [7, 11) is 0. The number of amides is 3. The maximum Gasteiger partial charge on any atom is 0.408 e. The van der Waals surface area contributed by atoms with Gasteiger partial charge in [-0.1, -0.05) is 97.9 Å². The van der Waals surface area contributed by atoms with Crippen LogP contribution in [0.1, 0.15) is 43.5 Å². The molecule has 218 valence electrons. The van der Waals surface area contributed by atoms with Gasteiger partial charge in [-0.15, -0.1) is 0 Å². The minimum absolute atomic E-state index is 0.128. The molecule has 0 aromatic heterocycles. The fourth-order valence-corrected chi connectivity index (χ4v) is 4.68. The molecular weight excluding hydrogens is 538 g/mol. The molecule has 3 amide bonds. The van der Waals surface area contributed by atoms with Gasteiger partial charge < -0.3 is 15.4 Å². The van der Waals surface area contributed by atoms with Gasteiger partial charge >= 0.3 is 6.09 Å². The molecule has 4 aromatic rings. The Hall–Kier alpha value is -5.35. The molecule has 0 radical (unpaired) electrons. The van der Waals surface area contributed by atoms with Gasteiger partial charge in [-0.3, -0.25) is 14.5 Å². The fraction of sp³-hybridized carbons (Fsp3) is 0.194. The van der Waals surface area contributed by atoms with Crippen molar-refractivity contribution in [3.05, 3.63) is 120 Å². The Labute approximate surface area is 252 Å². The highest BCUT2D eigenvalue weighted by atomic mass is 16.6. The molecule has 0 fully saturated rings. The first kappa shape index (κ1) is 30.6. The first-order valence-electron chi connectivity index (χ1n) is 13.9. The van der Waals surface area contributed by atoms with Crippen LogP contribution in [0.3, 0.4) is 0 Å². The van der Waals surface area contributed by atoms with Crippen molar-refractivity contribution in [1.29, 1.82) is 0 Å². The van der Waals surface area contributed by atoms with Crippen LogP contribution in [0.5, 0.6) is 0 Å². The SMILES string of the molecule is C#CN(C(=O)C(Cc1ccccc1)NC(=O)OC(C)(C)C)C(C(=O)Nc1ccc2ccccc2c1)c1cccc(C=C)c1. The summed E-state index contributed by atoms with van der Waals surface area (Å²) < 4.78 is 5.44. The third-order valence-corrected chi connectivity index (χ3v) is 6.63. The fourth-order valence-electron chi connectivity index (χ4n) is 4.68. The normalized spacial score (nSPS) is 12.3. The number of benzene rings is 4. The summed E-state index contributed by atoms with van der Waals surface area (Å²) in [4.78, 5) is 42.1. The Bertz CT molecular complexity index is 1670. The number of hydrogen-bond acceptors (Lipinski definition) is 4. The van der Waals surface area contributed by atoms with Gasteiger partial charge in [-0.05, 0) is 66.4 Å². The van der Waals surface area contributed by atoms with E-state index >= 15 is 0 Å². The van der Waals surface area contributed by atoms with Crippen molar-refractivity contribution in [3.8, 4) is 12.5 Å². The van der Waals surface area contributed by atoms with E-state index in [-0.39, 0.29) is 6.42 Å². The van der Waals surface area contributed by atoms with Crippen LogP contribution < -0.4 is 10.6 Å². The molecule has 2 atom stereocenters. The summed E-state index contributed by atoms with van der Waals surface area (Å²) in [6.07, 6.45) is 6.96. The van der Waals surface area contributed by atoms with Crippen LogP contribution in [0.4, 0.5) is 10.5 Å². The molecule has 0 heterocycles. The molecule has 4 rings (SSSR count). The Morgan fingerprint density at radius 2 is 1.63 bits per heavy atom. The maximum absolute atomic E-state index is 14.2. The summed E-state index contributed by atoms with van der Waals surface area (Å²) in [5, 5.41) is 7.58. The number of carbonyl (C=O) groups is 3. The average molecular weight is 574 g/mol. The van der Waals surface area contributed by atoms with Crippen molar-refractivity contribution in [2.45, 2.75) is 44.9 Å². The Kier molecular flexibility index (Phi) is 9.64. The van der Waals surface area contributed by atoms with Crippen LogP contribution in [-0.4, -0.2) is 34.5 Å². The Morgan fingerprint density at radius 3 is 2.30 bits per heavy atom. The second-order valence-electron chi connectivity index (χ2n) is 11.1. The molecule has 0 saturated carbocycles. The number of nitrogens with one attached hydrogen (secondary N) is 2. The topological polar surface area (TPSA) is 87.7 Å². The zero-order chi connectivity index (χ0) is 31.0. The molecule has 7 nitrogen and oxygen atoms in total. The molecule has 2 N–H and O–H groups in total. The van der Waals surface area contributed by atoms with Gasteiger partial charge in [0.1, 0.15) is 17.7 Å². The molecule has 7 heteroatoms. The molecule has 0 aliphatic rings. The number of nitrogens with zero attached hydrogens (tertiary/aromatic N) is 1. The average Bonchev–Trinajstić information content (AvgIpc) is 2.98. The van der Waals surface area contributed by atoms with Crippen molar-refractivity contribution in [1.82, 2.24) is 10.2 Å². The summed E-state index contributed by atoms with van der Waals surface area (Å²) in [5.41, 5.74) is 1.78. The van der Waals surface area contributed by atoms with Gasteiger partial charge in [0.2, 0.25) is 0 Å². The molecule has 2 unspecified atom stereocenters. The second kappa shape index (κ2) is 13.5. The van der Waals surface area contributed by atoms with Crippen molar-refractivity contribution in [2.75, 3.05) is 5.32 Å². The molecule has 43 heavy (non-hydrogen) atoms. The number of ether oxygens (including phenoxy) is 1. The van der Waals surface area contributed by atoms with Gasteiger partial charge in [0.15, 0.2) is 0 Å². The monoisotopic (exact) mass is 573 g/mol. The van der Waals surface area contributed by atoms with Crippen LogP contribution in [0.25, 0.3) is 16.8 Å². The van der Waals surface area contributed by atoms with Crippen molar-refractivity contribution in [2.24, 2.45) is 0 Å². The van der Waals surface area contributed by atoms with Crippen LogP contribution >= 0.6 is 0 Å². The maximum atomic E-state index is 14.2. The molecule has 0 aliphatic heterocycles. The van der Waals surface area contributed by atoms with E-state index in [0.29, 0.717) is 11.3 Å².